The van der Waals surface area contributed by atoms with E-state index < -0.39 is 0 Å². The van der Waals surface area contributed by atoms with Gasteiger partial charge in [0, 0.05) is 19.1 Å². The highest BCUT2D eigenvalue weighted by molar-refractivity contribution is 5.82. The van der Waals surface area contributed by atoms with E-state index in [1.807, 2.05) is 0 Å². The van der Waals surface area contributed by atoms with E-state index >= 15 is 0 Å². The minimum Gasteiger partial charge on any atom is -0.341 e. The smallest absolute Gasteiger partial charge is 0.239 e. The first-order chi connectivity index (χ1) is 9.08. The lowest BCUT2D eigenvalue weighted by molar-refractivity contribution is -0.136. The maximum Gasteiger partial charge on any atom is 0.239 e. The number of nitrogens with one attached hydrogen (secondary N) is 1. The number of rotatable bonds is 8. The van der Waals surface area contributed by atoms with E-state index in [9.17, 15) is 4.79 Å². The van der Waals surface area contributed by atoms with Crippen molar-refractivity contribution in [3.05, 3.63) is 0 Å². The van der Waals surface area contributed by atoms with Crippen molar-refractivity contribution in [1.29, 1.82) is 0 Å². The monoisotopic (exact) mass is 268 g/mol. The molecule has 0 aromatic carbocycles. The number of nitrogens with zero attached hydrogens (tertiary/aromatic N) is 1. The summed E-state index contributed by atoms with van der Waals surface area (Å²) in [4.78, 5) is 14.6. The van der Waals surface area contributed by atoms with Crippen LogP contribution in [-0.4, -0.2) is 36.0 Å². The van der Waals surface area contributed by atoms with Crippen LogP contribution in [0.25, 0.3) is 0 Å². The molecule has 0 bridgehead atoms. The molecule has 1 N–H and O–H groups in total. The highest BCUT2D eigenvalue weighted by Gasteiger charge is 2.29. The molecule has 0 spiro atoms. The average Bonchev–Trinajstić information content (AvgIpc) is 2.38. The minimum absolute atomic E-state index is 0.0532. The Morgan fingerprint density at radius 2 is 2.11 bits per heavy atom. The second-order valence-corrected chi connectivity index (χ2v) is 6.22. The van der Waals surface area contributed by atoms with Crippen LogP contribution in [0.5, 0.6) is 0 Å². The van der Waals surface area contributed by atoms with Gasteiger partial charge in [-0.3, -0.25) is 4.79 Å². The molecule has 1 aliphatic heterocycles. The second-order valence-electron chi connectivity index (χ2n) is 6.22. The third-order valence-electron chi connectivity index (χ3n) is 4.09. The summed E-state index contributed by atoms with van der Waals surface area (Å²) in [6, 6.07) is 0.438. The van der Waals surface area contributed by atoms with Gasteiger partial charge in [0.05, 0.1) is 6.04 Å². The first kappa shape index (κ1) is 16.5. The molecule has 1 fully saturated rings. The standard InChI is InChI=1S/C16H32N2O/c1-5-7-9-14(6-2)12-18-11-8-10-15(16(18)19)17-13(3)4/h13-15,17H,5-12H2,1-4H3. The Bertz CT molecular complexity index is 265. The van der Waals surface area contributed by atoms with Crippen LogP contribution in [0.3, 0.4) is 0 Å². The Balaban J connectivity index is 2.49. The summed E-state index contributed by atoms with van der Waals surface area (Å²) < 4.78 is 0. The molecule has 0 radical (unpaired) electrons. The topological polar surface area (TPSA) is 32.3 Å². The van der Waals surface area contributed by atoms with E-state index in [1.54, 1.807) is 0 Å². The molecule has 19 heavy (non-hydrogen) atoms. The van der Waals surface area contributed by atoms with E-state index in [4.69, 9.17) is 0 Å². The highest BCUT2D eigenvalue weighted by atomic mass is 16.2. The Morgan fingerprint density at radius 3 is 2.68 bits per heavy atom. The number of piperidine rings is 1. The van der Waals surface area contributed by atoms with Crippen molar-refractivity contribution in [2.75, 3.05) is 13.1 Å². The fourth-order valence-electron chi connectivity index (χ4n) is 2.91. The summed E-state index contributed by atoms with van der Waals surface area (Å²) in [7, 11) is 0. The predicted molar refractivity (Wildman–Crippen MR) is 81.2 cm³/mol. The predicted octanol–water partition coefficient (Wildman–Crippen LogP) is 3.19. The van der Waals surface area contributed by atoms with Gasteiger partial charge in [-0.15, -0.1) is 0 Å². The van der Waals surface area contributed by atoms with E-state index in [2.05, 4.69) is 37.9 Å². The third-order valence-corrected chi connectivity index (χ3v) is 4.09. The van der Waals surface area contributed by atoms with E-state index in [0.717, 1.165) is 25.9 Å². The van der Waals surface area contributed by atoms with Crippen molar-refractivity contribution in [3.63, 3.8) is 0 Å². The quantitative estimate of drug-likeness (QED) is 0.733. The van der Waals surface area contributed by atoms with Crippen molar-refractivity contribution in [2.24, 2.45) is 5.92 Å². The molecular weight excluding hydrogens is 236 g/mol. The molecule has 1 heterocycles. The van der Waals surface area contributed by atoms with Crippen LogP contribution < -0.4 is 5.32 Å². The number of carbonyl (C=O) groups is 1. The second kappa shape index (κ2) is 8.57. The molecule has 1 amide bonds. The van der Waals surface area contributed by atoms with Crippen molar-refractivity contribution < 1.29 is 4.79 Å². The van der Waals surface area contributed by atoms with Gasteiger partial charge in [0.2, 0.25) is 5.91 Å². The summed E-state index contributed by atoms with van der Waals surface area (Å²) in [6.07, 6.45) is 7.13. The Labute approximate surface area is 119 Å². The minimum atomic E-state index is 0.0532. The lowest BCUT2D eigenvalue weighted by Crippen LogP contribution is -2.53. The largest absolute Gasteiger partial charge is 0.341 e. The fourth-order valence-corrected chi connectivity index (χ4v) is 2.91. The third kappa shape index (κ3) is 5.52. The Kier molecular flexibility index (Phi) is 7.44. The molecule has 1 aliphatic rings. The van der Waals surface area contributed by atoms with Crippen molar-refractivity contribution in [3.8, 4) is 0 Å². The Morgan fingerprint density at radius 1 is 1.37 bits per heavy atom. The SMILES string of the molecule is CCCCC(CC)CN1CCCC(NC(C)C)C1=O. The normalized spacial score (nSPS) is 22.1. The van der Waals surface area contributed by atoms with Crippen molar-refractivity contribution in [2.45, 2.75) is 78.3 Å². The van der Waals surface area contributed by atoms with Crippen LogP contribution in [-0.2, 0) is 4.79 Å². The first-order valence-corrected chi connectivity index (χ1v) is 8.13. The molecule has 0 aromatic rings. The van der Waals surface area contributed by atoms with Gasteiger partial charge in [0.15, 0.2) is 0 Å². The number of amides is 1. The summed E-state index contributed by atoms with van der Waals surface area (Å²) in [5, 5.41) is 3.40. The molecule has 0 aliphatic carbocycles. The fraction of sp³-hybridized carbons (Fsp3) is 0.938. The van der Waals surface area contributed by atoms with E-state index in [1.165, 1.54) is 25.7 Å². The van der Waals surface area contributed by atoms with Gasteiger partial charge in [-0.2, -0.15) is 0 Å². The lowest BCUT2D eigenvalue weighted by Gasteiger charge is -2.35. The lowest BCUT2D eigenvalue weighted by atomic mass is 9.96. The van der Waals surface area contributed by atoms with Gasteiger partial charge in [0.25, 0.3) is 0 Å². The summed E-state index contributed by atoms with van der Waals surface area (Å²) in [5.74, 6) is 1.01. The summed E-state index contributed by atoms with van der Waals surface area (Å²) in [5.41, 5.74) is 0. The van der Waals surface area contributed by atoms with Crippen LogP contribution in [0.4, 0.5) is 0 Å². The maximum atomic E-state index is 12.4. The number of likely N-dealkylation sites (tertiary alicyclic amines) is 1. The number of hydrogen-bond acceptors (Lipinski definition) is 2. The van der Waals surface area contributed by atoms with Crippen molar-refractivity contribution >= 4 is 5.91 Å². The van der Waals surface area contributed by atoms with E-state index in [-0.39, 0.29) is 6.04 Å². The average molecular weight is 268 g/mol. The first-order valence-electron chi connectivity index (χ1n) is 8.13. The van der Waals surface area contributed by atoms with Gasteiger partial charge in [-0.05, 0) is 25.2 Å². The molecule has 112 valence electrons. The molecule has 1 rings (SSSR count). The van der Waals surface area contributed by atoms with Gasteiger partial charge in [-0.25, -0.2) is 0 Å². The number of unbranched alkanes of at least 4 members (excludes halogenated alkanes) is 1. The van der Waals surface area contributed by atoms with Gasteiger partial charge in [-0.1, -0.05) is 47.0 Å². The summed E-state index contributed by atoms with van der Waals surface area (Å²) >= 11 is 0. The van der Waals surface area contributed by atoms with Gasteiger partial charge >= 0.3 is 0 Å². The zero-order valence-electron chi connectivity index (χ0n) is 13.2. The molecule has 0 aromatic heterocycles. The van der Waals surface area contributed by atoms with Crippen LogP contribution >= 0.6 is 0 Å². The zero-order chi connectivity index (χ0) is 14.3. The van der Waals surface area contributed by atoms with Gasteiger partial charge < -0.3 is 10.2 Å². The maximum absolute atomic E-state index is 12.4. The van der Waals surface area contributed by atoms with Crippen molar-refractivity contribution in [1.82, 2.24) is 10.2 Å². The summed E-state index contributed by atoms with van der Waals surface area (Å²) in [6.45, 7) is 10.6. The van der Waals surface area contributed by atoms with E-state index in [0.29, 0.717) is 17.9 Å². The number of carbonyl (C=O) groups excluding carboxylic acids is 1. The van der Waals surface area contributed by atoms with Crippen LogP contribution in [0.2, 0.25) is 0 Å². The zero-order valence-corrected chi connectivity index (χ0v) is 13.2. The molecule has 2 unspecified atom stereocenters. The molecule has 0 saturated carbocycles. The molecule has 3 nitrogen and oxygen atoms in total. The molecular formula is C16H32N2O. The van der Waals surface area contributed by atoms with Gasteiger partial charge in [0.1, 0.15) is 0 Å². The Hall–Kier alpha value is -0.570. The number of hydrogen-bond donors (Lipinski definition) is 1. The van der Waals surface area contributed by atoms with Crippen LogP contribution in [0, 0.1) is 5.92 Å². The molecule has 3 heteroatoms. The van der Waals surface area contributed by atoms with Crippen LogP contribution in [0.1, 0.15) is 66.2 Å². The molecule has 2 atom stereocenters. The molecule has 1 saturated heterocycles. The highest BCUT2D eigenvalue weighted by Crippen LogP contribution is 2.19. The van der Waals surface area contributed by atoms with Crippen LogP contribution in [0.15, 0.2) is 0 Å².